The highest BCUT2D eigenvalue weighted by Crippen LogP contribution is 2.21. The number of nitrogens with one attached hydrogen (secondary N) is 2. The van der Waals surface area contributed by atoms with E-state index in [0.717, 1.165) is 48.4 Å². The minimum Gasteiger partial charge on any atom is -0.348 e. The molecule has 0 bridgehead atoms. The molecular formula is C18H29N3O2. The Kier molecular flexibility index (Phi) is 7.75. The van der Waals surface area contributed by atoms with Gasteiger partial charge in [0.25, 0.3) is 0 Å². The molecule has 0 saturated heterocycles. The summed E-state index contributed by atoms with van der Waals surface area (Å²) < 4.78 is 0. The van der Waals surface area contributed by atoms with Gasteiger partial charge >= 0.3 is 11.8 Å². The fourth-order valence-electron chi connectivity index (χ4n) is 2.67. The van der Waals surface area contributed by atoms with E-state index < -0.39 is 11.8 Å². The van der Waals surface area contributed by atoms with Crippen molar-refractivity contribution in [2.45, 2.75) is 41.0 Å². The van der Waals surface area contributed by atoms with E-state index in [0.29, 0.717) is 6.54 Å². The number of hydrogen-bond acceptors (Lipinski definition) is 3. The highest BCUT2D eigenvalue weighted by Gasteiger charge is 2.15. The smallest absolute Gasteiger partial charge is 0.313 e. The van der Waals surface area contributed by atoms with E-state index in [4.69, 9.17) is 0 Å². The molecule has 0 fully saturated rings. The first-order valence-electron chi connectivity index (χ1n) is 8.28. The molecule has 5 heteroatoms. The van der Waals surface area contributed by atoms with E-state index in [2.05, 4.69) is 29.4 Å². The molecule has 1 aromatic rings. The summed E-state index contributed by atoms with van der Waals surface area (Å²) in [6, 6.07) is 3.98. The second-order valence-corrected chi connectivity index (χ2v) is 5.86. The molecule has 1 aromatic carbocycles. The molecule has 5 nitrogen and oxygen atoms in total. The topological polar surface area (TPSA) is 61.4 Å². The maximum atomic E-state index is 12.0. The molecule has 0 aromatic heterocycles. The van der Waals surface area contributed by atoms with Gasteiger partial charge in [-0.3, -0.25) is 9.59 Å². The van der Waals surface area contributed by atoms with Crippen molar-refractivity contribution in [1.29, 1.82) is 0 Å². The van der Waals surface area contributed by atoms with Crippen LogP contribution < -0.4 is 10.6 Å². The number of rotatable bonds is 7. The Morgan fingerprint density at radius 3 is 2.09 bits per heavy atom. The summed E-state index contributed by atoms with van der Waals surface area (Å²) in [6.45, 7) is 13.5. The van der Waals surface area contributed by atoms with Gasteiger partial charge in [0, 0.05) is 12.2 Å². The van der Waals surface area contributed by atoms with Crippen LogP contribution in [0.1, 0.15) is 37.0 Å². The van der Waals surface area contributed by atoms with Crippen molar-refractivity contribution in [3.63, 3.8) is 0 Å². The first kappa shape index (κ1) is 19.2. The minimum absolute atomic E-state index is 0.509. The van der Waals surface area contributed by atoms with Crippen LogP contribution in [0.5, 0.6) is 0 Å². The van der Waals surface area contributed by atoms with Gasteiger partial charge in [-0.1, -0.05) is 31.5 Å². The maximum absolute atomic E-state index is 12.0. The summed E-state index contributed by atoms with van der Waals surface area (Å²) in [5.41, 5.74) is 3.79. The zero-order chi connectivity index (χ0) is 17.4. The molecule has 2 amide bonds. The monoisotopic (exact) mass is 319 g/mol. The zero-order valence-electron chi connectivity index (χ0n) is 15.0. The van der Waals surface area contributed by atoms with Crippen LogP contribution in [0.4, 0.5) is 5.69 Å². The number of amides is 2. The Morgan fingerprint density at radius 2 is 1.57 bits per heavy atom. The van der Waals surface area contributed by atoms with Crippen LogP contribution in [0, 0.1) is 20.8 Å². The van der Waals surface area contributed by atoms with Gasteiger partial charge < -0.3 is 15.5 Å². The maximum Gasteiger partial charge on any atom is 0.313 e. The molecule has 0 aliphatic carbocycles. The third-order valence-electron chi connectivity index (χ3n) is 3.95. The van der Waals surface area contributed by atoms with Crippen LogP contribution in [0.25, 0.3) is 0 Å². The number of benzene rings is 1. The summed E-state index contributed by atoms with van der Waals surface area (Å²) in [5.74, 6) is -1.19. The van der Waals surface area contributed by atoms with Gasteiger partial charge in [0.1, 0.15) is 0 Å². The largest absolute Gasteiger partial charge is 0.348 e. The summed E-state index contributed by atoms with van der Waals surface area (Å²) in [7, 11) is 0. The quantitative estimate of drug-likeness (QED) is 0.599. The van der Waals surface area contributed by atoms with Gasteiger partial charge in [0.05, 0.1) is 0 Å². The first-order valence-corrected chi connectivity index (χ1v) is 8.28. The van der Waals surface area contributed by atoms with Gasteiger partial charge in [0.2, 0.25) is 0 Å². The highest BCUT2D eigenvalue weighted by atomic mass is 16.2. The Bertz CT molecular complexity index is 528. The van der Waals surface area contributed by atoms with Gasteiger partial charge in [-0.25, -0.2) is 0 Å². The summed E-state index contributed by atoms with van der Waals surface area (Å²) in [5, 5.41) is 5.39. The van der Waals surface area contributed by atoms with Crippen LogP contribution in [0.2, 0.25) is 0 Å². The Hall–Kier alpha value is -1.88. The van der Waals surface area contributed by atoms with Crippen molar-refractivity contribution in [2.24, 2.45) is 0 Å². The van der Waals surface area contributed by atoms with Crippen molar-refractivity contribution < 1.29 is 9.59 Å². The van der Waals surface area contributed by atoms with Gasteiger partial charge in [-0.15, -0.1) is 0 Å². The highest BCUT2D eigenvalue weighted by molar-refractivity contribution is 6.39. The van der Waals surface area contributed by atoms with Crippen molar-refractivity contribution in [3.05, 3.63) is 28.8 Å². The van der Waals surface area contributed by atoms with E-state index in [1.165, 1.54) is 0 Å². The molecule has 0 atom stereocenters. The van der Waals surface area contributed by atoms with Crippen molar-refractivity contribution in [2.75, 3.05) is 31.5 Å². The molecule has 0 aliphatic rings. The number of aryl methyl sites for hydroxylation is 3. The van der Waals surface area contributed by atoms with E-state index in [1.54, 1.807) is 0 Å². The predicted molar refractivity (Wildman–Crippen MR) is 94.7 cm³/mol. The average Bonchev–Trinajstić information content (AvgIpc) is 2.50. The van der Waals surface area contributed by atoms with E-state index in [-0.39, 0.29) is 0 Å². The lowest BCUT2D eigenvalue weighted by Crippen LogP contribution is -2.37. The fraction of sp³-hybridized carbons (Fsp3) is 0.556. The van der Waals surface area contributed by atoms with E-state index >= 15 is 0 Å². The van der Waals surface area contributed by atoms with Gasteiger partial charge in [-0.05, 0) is 58.0 Å². The Morgan fingerprint density at radius 1 is 1.00 bits per heavy atom. The van der Waals surface area contributed by atoms with Crippen LogP contribution >= 0.6 is 0 Å². The second-order valence-electron chi connectivity index (χ2n) is 5.86. The lowest BCUT2D eigenvalue weighted by atomic mass is 10.1. The number of carbonyl (C=O) groups excluding carboxylic acids is 2. The SMILES string of the molecule is CCN(CC)CCCNC(=O)C(=O)Nc1c(C)cc(C)cc1C. The summed E-state index contributed by atoms with van der Waals surface area (Å²) >= 11 is 0. The minimum atomic E-state index is -0.608. The summed E-state index contributed by atoms with van der Waals surface area (Å²) in [6.07, 6.45) is 0.837. The number of anilines is 1. The normalized spacial score (nSPS) is 10.7. The van der Waals surface area contributed by atoms with Crippen molar-refractivity contribution >= 4 is 17.5 Å². The molecule has 0 spiro atoms. The average molecular weight is 319 g/mol. The molecule has 2 N–H and O–H groups in total. The molecule has 0 unspecified atom stereocenters. The standard InChI is InChI=1S/C18H29N3O2/c1-6-21(7-2)10-8-9-19-17(22)18(23)20-16-14(4)11-13(3)12-15(16)5/h11-12H,6-10H2,1-5H3,(H,19,22)(H,20,23). The number of hydrogen-bond donors (Lipinski definition) is 2. The van der Waals surface area contributed by atoms with Gasteiger partial charge in [0.15, 0.2) is 0 Å². The molecule has 0 radical (unpaired) electrons. The molecule has 0 aliphatic heterocycles. The number of nitrogens with zero attached hydrogens (tertiary/aromatic N) is 1. The van der Waals surface area contributed by atoms with Crippen LogP contribution in [-0.2, 0) is 9.59 Å². The van der Waals surface area contributed by atoms with Crippen molar-refractivity contribution in [3.8, 4) is 0 Å². The molecule has 128 valence electrons. The van der Waals surface area contributed by atoms with Gasteiger partial charge in [-0.2, -0.15) is 0 Å². The van der Waals surface area contributed by atoms with Crippen LogP contribution in [0.3, 0.4) is 0 Å². The summed E-state index contributed by atoms with van der Waals surface area (Å²) in [4.78, 5) is 26.2. The van der Waals surface area contributed by atoms with Crippen LogP contribution in [-0.4, -0.2) is 42.9 Å². The Balaban J connectivity index is 2.48. The number of carbonyl (C=O) groups is 2. The fourth-order valence-corrected chi connectivity index (χ4v) is 2.67. The third-order valence-corrected chi connectivity index (χ3v) is 3.95. The lowest BCUT2D eigenvalue weighted by Gasteiger charge is -2.17. The van der Waals surface area contributed by atoms with Crippen LogP contribution in [0.15, 0.2) is 12.1 Å². The lowest BCUT2D eigenvalue weighted by molar-refractivity contribution is -0.136. The molecule has 23 heavy (non-hydrogen) atoms. The molecule has 0 heterocycles. The first-order chi connectivity index (χ1) is 10.9. The van der Waals surface area contributed by atoms with E-state index in [1.807, 2.05) is 32.9 Å². The second kappa shape index (κ2) is 9.30. The Labute approximate surface area is 139 Å². The predicted octanol–water partition coefficient (Wildman–Crippen LogP) is 2.40. The molecule has 0 saturated carbocycles. The third kappa shape index (κ3) is 6.02. The van der Waals surface area contributed by atoms with Crippen molar-refractivity contribution in [1.82, 2.24) is 10.2 Å². The zero-order valence-corrected chi connectivity index (χ0v) is 15.0. The molecule has 1 rings (SSSR count). The van der Waals surface area contributed by atoms with E-state index in [9.17, 15) is 9.59 Å². The molecular weight excluding hydrogens is 290 g/mol.